The monoisotopic (exact) mass is 329 g/mol. The summed E-state index contributed by atoms with van der Waals surface area (Å²) in [4.78, 5) is 14.8. The number of rotatable bonds is 4. The van der Waals surface area contributed by atoms with Crippen LogP contribution in [0.4, 0.5) is 13.2 Å². The molecule has 0 saturated heterocycles. The first kappa shape index (κ1) is 16.9. The van der Waals surface area contributed by atoms with Crippen molar-refractivity contribution >= 4 is 5.91 Å². The molecule has 0 saturated carbocycles. The Morgan fingerprint density at radius 3 is 2.39 bits per heavy atom. The van der Waals surface area contributed by atoms with Crippen LogP contribution in [-0.4, -0.2) is 26.3 Å². The van der Waals surface area contributed by atoms with Crippen molar-refractivity contribution in [3.63, 3.8) is 0 Å². The molecular formula is C14H14F3N3O3. The minimum absolute atomic E-state index is 0.0304. The molecule has 0 atom stereocenters. The van der Waals surface area contributed by atoms with Gasteiger partial charge in [-0.3, -0.25) is 10.0 Å². The van der Waals surface area contributed by atoms with E-state index in [1.165, 1.54) is 12.1 Å². The van der Waals surface area contributed by atoms with Gasteiger partial charge in [-0.25, -0.2) is 5.06 Å². The number of hydroxylamine groups is 2. The van der Waals surface area contributed by atoms with E-state index in [0.717, 1.165) is 0 Å². The number of alkyl halides is 3. The Hall–Kier alpha value is -2.42. The summed E-state index contributed by atoms with van der Waals surface area (Å²) in [6.45, 7) is 3.28. The predicted molar refractivity (Wildman–Crippen MR) is 71.9 cm³/mol. The van der Waals surface area contributed by atoms with Crippen LogP contribution < -0.4 is 0 Å². The molecule has 0 bridgehead atoms. The first-order valence-corrected chi connectivity index (χ1v) is 6.69. The molecule has 0 fully saturated rings. The highest BCUT2D eigenvalue weighted by molar-refractivity contribution is 5.76. The molecule has 0 aliphatic rings. The van der Waals surface area contributed by atoms with E-state index in [4.69, 9.17) is 0 Å². The number of aromatic nitrogens is 2. The number of hydrogen-bond acceptors (Lipinski definition) is 5. The molecule has 1 N–H and O–H groups in total. The lowest BCUT2D eigenvalue weighted by Gasteiger charge is -2.17. The van der Waals surface area contributed by atoms with E-state index < -0.39 is 18.0 Å². The van der Waals surface area contributed by atoms with Crippen molar-refractivity contribution < 1.29 is 27.7 Å². The zero-order valence-electron chi connectivity index (χ0n) is 12.3. The number of carbonyl (C=O) groups is 1. The second-order valence-corrected chi connectivity index (χ2v) is 5.17. The molecule has 2 rings (SSSR count). The lowest BCUT2D eigenvalue weighted by atomic mass is 10.1. The second-order valence-electron chi connectivity index (χ2n) is 5.17. The number of hydrogen-bond donors (Lipinski definition) is 1. The zero-order chi connectivity index (χ0) is 17.2. The number of benzene rings is 1. The fourth-order valence-electron chi connectivity index (χ4n) is 1.76. The van der Waals surface area contributed by atoms with Crippen molar-refractivity contribution in [3.8, 4) is 11.4 Å². The summed E-state index contributed by atoms with van der Waals surface area (Å²) in [6, 6.07) is 6.06. The van der Waals surface area contributed by atoms with Gasteiger partial charge in [-0.2, -0.15) is 18.2 Å². The van der Waals surface area contributed by atoms with Crippen LogP contribution in [0.2, 0.25) is 0 Å². The molecule has 1 aromatic heterocycles. The maximum absolute atomic E-state index is 12.4. The highest BCUT2D eigenvalue weighted by Gasteiger charge is 2.38. The van der Waals surface area contributed by atoms with E-state index in [-0.39, 0.29) is 18.3 Å². The first-order chi connectivity index (χ1) is 10.7. The van der Waals surface area contributed by atoms with Crippen molar-refractivity contribution in [1.82, 2.24) is 15.2 Å². The smallest absolute Gasteiger partial charge is 0.329 e. The van der Waals surface area contributed by atoms with Crippen LogP contribution in [0, 0.1) is 5.92 Å². The maximum atomic E-state index is 12.4. The molecule has 23 heavy (non-hydrogen) atoms. The predicted octanol–water partition coefficient (Wildman–Crippen LogP) is 3.13. The van der Waals surface area contributed by atoms with Crippen molar-refractivity contribution in [1.29, 1.82) is 0 Å². The van der Waals surface area contributed by atoms with E-state index in [0.29, 0.717) is 16.2 Å². The van der Waals surface area contributed by atoms with Crippen molar-refractivity contribution in [2.45, 2.75) is 26.6 Å². The van der Waals surface area contributed by atoms with Crippen molar-refractivity contribution in [2.24, 2.45) is 5.92 Å². The summed E-state index contributed by atoms with van der Waals surface area (Å²) in [5, 5.41) is 13.5. The second kappa shape index (κ2) is 6.37. The molecule has 2 aromatic rings. The molecule has 1 aromatic carbocycles. The Morgan fingerprint density at radius 1 is 1.30 bits per heavy atom. The summed E-state index contributed by atoms with van der Waals surface area (Å²) in [7, 11) is 0. The van der Waals surface area contributed by atoms with Gasteiger partial charge in [0.25, 0.3) is 0 Å². The van der Waals surface area contributed by atoms with Gasteiger partial charge in [-0.15, -0.1) is 0 Å². The maximum Gasteiger partial charge on any atom is 0.471 e. The summed E-state index contributed by atoms with van der Waals surface area (Å²) >= 11 is 0. The molecule has 6 nitrogen and oxygen atoms in total. The van der Waals surface area contributed by atoms with Crippen LogP contribution in [0.25, 0.3) is 11.4 Å². The molecule has 0 unspecified atom stereocenters. The third kappa shape index (κ3) is 4.07. The highest BCUT2D eigenvalue weighted by atomic mass is 19.4. The van der Waals surface area contributed by atoms with E-state index >= 15 is 0 Å². The largest absolute Gasteiger partial charge is 0.471 e. The minimum atomic E-state index is -4.69. The SMILES string of the molecule is CC(C)C(=O)N(O)Cc1ccc(-c2noc(C(F)(F)F)n2)cc1. The molecule has 0 aliphatic heterocycles. The Labute approximate surface area is 129 Å². The lowest BCUT2D eigenvalue weighted by Crippen LogP contribution is -2.30. The molecule has 1 heterocycles. The quantitative estimate of drug-likeness (QED) is 0.688. The van der Waals surface area contributed by atoms with Crippen LogP contribution in [0.15, 0.2) is 28.8 Å². The van der Waals surface area contributed by atoms with Crippen LogP contribution >= 0.6 is 0 Å². The van der Waals surface area contributed by atoms with Gasteiger partial charge in [-0.05, 0) is 5.56 Å². The third-order valence-corrected chi connectivity index (χ3v) is 2.96. The van der Waals surface area contributed by atoms with Gasteiger partial charge < -0.3 is 4.52 Å². The van der Waals surface area contributed by atoms with Crippen molar-refractivity contribution in [3.05, 3.63) is 35.7 Å². The molecule has 0 aliphatic carbocycles. The molecule has 1 amide bonds. The average molecular weight is 329 g/mol. The van der Waals surface area contributed by atoms with Gasteiger partial charge >= 0.3 is 12.1 Å². The average Bonchev–Trinajstić information content (AvgIpc) is 2.97. The summed E-state index contributed by atoms with van der Waals surface area (Å²) in [6.07, 6.45) is -4.69. The summed E-state index contributed by atoms with van der Waals surface area (Å²) < 4.78 is 41.4. The van der Waals surface area contributed by atoms with Gasteiger partial charge in [0.15, 0.2) is 0 Å². The number of halogens is 3. The normalized spacial score (nSPS) is 11.8. The summed E-state index contributed by atoms with van der Waals surface area (Å²) in [5.41, 5.74) is 0.928. The van der Waals surface area contributed by atoms with Crippen LogP contribution in [0.1, 0.15) is 25.3 Å². The van der Waals surface area contributed by atoms with E-state index in [2.05, 4.69) is 14.7 Å². The first-order valence-electron chi connectivity index (χ1n) is 6.69. The van der Waals surface area contributed by atoms with Crippen LogP contribution in [-0.2, 0) is 17.5 Å². The number of nitrogens with zero attached hydrogens (tertiary/aromatic N) is 3. The molecular weight excluding hydrogens is 315 g/mol. The van der Waals surface area contributed by atoms with Gasteiger partial charge in [0.05, 0.1) is 6.54 Å². The fourth-order valence-corrected chi connectivity index (χ4v) is 1.76. The zero-order valence-corrected chi connectivity index (χ0v) is 12.3. The van der Waals surface area contributed by atoms with Crippen LogP contribution in [0.5, 0.6) is 0 Å². The lowest BCUT2D eigenvalue weighted by molar-refractivity contribution is -0.171. The molecule has 0 radical (unpaired) electrons. The van der Waals surface area contributed by atoms with Gasteiger partial charge in [-0.1, -0.05) is 43.3 Å². The molecule has 0 spiro atoms. The Bertz CT molecular complexity index is 681. The van der Waals surface area contributed by atoms with E-state index in [1.54, 1.807) is 26.0 Å². The number of carbonyl (C=O) groups excluding carboxylic acids is 1. The number of amides is 1. The Balaban J connectivity index is 2.11. The Morgan fingerprint density at radius 2 is 1.91 bits per heavy atom. The topological polar surface area (TPSA) is 79.5 Å². The highest BCUT2D eigenvalue weighted by Crippen LogP contribution is 2.29. The van der Waals surface area contributed by atoms with E-state index in [9.17, 15) is 23.2 Å². The molecule has 9 heteroatoms. The minimum Gasteiger partial charge on any atom is -0.329 e. The summed E-state index contributed by atoms with van der Waals surface area (Å²) in [5.74, 6) is -2.38. The standard InChI is InChI=1S/C14H14F3N3O3/c1-8(2)12(21)20(22)7-9-3-5-10(6-4-9)11-18-13(23-19-11)14(15,16)17/h3-6,8,22H,7H2,1-2H3. The van der Waals surface area contributed by atoms with Gasteiger partial charge in [0, 0.05) is 11.5 Å². The van der Waals surface area contributed by atoms with Crippen molar-refractivity contribution in [2.75, 3.05) is 0 Å². The fraction of sp³-hybridized carbons (Fsp3) is 0.357. The van der Waals surface area contributed by atoms with Crippen LogP contribution in [0.3, 0.4) is 0 Å². The molecule has 124 valence electrons. The van der Waals surface area contributed by atoms with Gasteiger partial charge in [0.2, 0.25) is 11.7 Å². The van der Waals surface area contributed by atoms with E-state index in [1.807, 2.05) is 0 Å². The van der Waals surface area contributed by atoms with Gasteiger partial charge in [0.1, 0.15) is 0 Å². The third-order valence-electron chi connectivity index (χ3n) is 2.96. The Kier molecular flexibility index (Phi) is 4.69.